The second-order valence-electron chi connectivity index (χ2n) is 3.23. The van der Waals surface area contributed by atoms with Gasteiger partial charge in [-0.3, -0.25) is 0 Å². The number of hydrogen-bond acceptors (Lipinski definition) is 4. The number of nitrogens with zero attached hydrogens (tertiary/aromatic N) is 3. The van der Waals surface area contributed by atoms with Crippen LogP contribution in [0.15, 0.2) is 41.5 Å². The van der Waals surface area contributed by atoms with E-state index in [0.29, 0.717) is 5.69 Å². The summed E-state index contributed by atoms with van der Waals surface area (Å²) in [6.07, 6.45) is 6.59. The van der Waals surface area contributed by atoms with Crippen LogP contribution < -0.4 is 5.73 Å². The average molecular weight is 200 g/mol. The number of furan rings is 1. The van der Waals surface area contributed by atoms with E-state index in [0.717, 1.165) is 16.9 Å². The van der Waals surface area contributed by atoms with Gasteiger partial charge in [0, 0.05) is 11.6 Å². The van der Waals surface area contributed by atoms with Crippen LogP contribution in [-0.2, 0) is 0 Å². The minimum Gasteiger partial charge on any atom is -0.472 e. The fourth-order valence-electron chi connectivity index (χ4n) is 1.44. The summed E-state index contributed by atoms with van der Waals surface area (Å²) in [6.45, 7) is 0. The van der Waals surface area contributed by atoms with E-state index in [-0.39, 0.29) is 0 Å². The Morgan fingerprint density at radius 2 is 2.33 bits per heavy atom. The number of nitrogens with two attached hydrogens (primary N) is 1. The maximum Gasteiger partial charge on any atom is 0.155 e. The fraction of sp³-hybridized carbons (Fsp3) is 0. The molecule has 0 aliphatic rings. The smallest absolute Gasteiger partial charge is 0.155 e. The Morgan fingerprint density at radius 1 is 1.40 bits per heavy atom. The fourth-order valence-corrected chi connectivity index (χ4v) is 1.44. The van der Waals surface area contributed by atoms with Gasteiger partial charge in [-0.2, -0.15) is 5.10 Å². The molecule has 0 amide bonds. The lowest BCUT2D eigenvalue weighted by atomic mass is 10.2. The predicted octanol–water partition coefficient (Wildman–Crippen LogP) is 1.57. The Bertz CT molecular complexity index is 597. The third-order valence-corrected chi connectivity index (χ3v) is 2.15. The summed E-state index contributed by atoms with van der Waals surface area (Å²) in [5.74, 6) is 0. The second-order valence-corrected chi connectivity index (χ2v) is 3.23. The lowest BCUT2D eigenvalue weighted by molar-refractivity contribution is 0.568. The maximum atomic E-state index is 5.61. The number of aromatic nitrogens is 3. The van der Waals surface area contributed by atoms with E-state index in [1.165, 1.54) is 0 Å². The molecule has 0 atom stereocenters. The zero-order chi connectivity index (χ0) is 10.3. The van der Waals surface area contributed by atoms with Crippen LogP contribution in [0.3, 0.4) is 0 Å². The van der Waals surface area contributed by atoms with Crippen LogP contribution in [-0.4, -0.2) is 14.6 Å². The molecular weight excluding hydrogens is 192 g/mol. The predicted molar refractivity (Wildman–Crippen MR) is 55.1 cm³/mol. The van der Waals surface area contributed by atoms with Crippen molar-refractivity contribution in [3.63, 3.8) is 0 Å². The van der Waals surface area contributed by atoms with Crippen LogP contribution in [0.25, 0.3) is 16.9 Å². The highest BCUT2D eigenvalue weighted by Crippen LogP contribution is 2.19. The van der Waals surface area contributed by atoms with E-state index in [1.807, 2.05) is 12.1 Å². The molecule has 3 rings (SSSR count). The summed E-state index contributed by atoms with van der Waals surface area (Å²) in [7, 11) is 0. The first kappa shape index (κ1) is 8.05. The highest BCUT2D eigenvalue weighted by atomic mass is 16.3. The van der Waals surface area contributed by atoms with Gasteiger partial charge in [-0.05, 0) is 6.07 Å². The van der Waals surface area contributed by atoms with E-state index in [1.54, 1.807) is 29.4 Å². The number of nitrogen functional groups attached to an aromatic ring is 1. The average Bonchev–Trinajstić information content (AvgIpc) is 2.84. The Kier molecular flexibility index (Phi) is 1.53. The van der Waals surface area contributed by atoms with Gasteiger partial charge in [0.2, 0.25) is 0 Å². The van der Waals surface area contributed by atoms with Gasteiger partial charge >= 0.3 is 0 Å². The highest BCUT2D eigenvalue weighted by Gasteiger charge is 2.05. The SMILES string of the molecule is Nc1cnc2cc(-c3ccoc3)nn2c1. The minimum atomic E-state index is 0.587. The van der Waals surface area contributed by atoms with Crippen LogP contribution in [0, 0.1) is 0 Å². The Hall–Kier alpha value is -2.30. The topological polar surface area (TPSA) is 69.3 Å². The molecule has 3 aromatic heterocycles. The lowest BCUT2D eigenvalue weighted by Crippen LogP contribution is -1.93. The molecule has 2 N–H and O–H groups in total. The zero-order valence-corrected chi connectivity index (χ0v) is 7.79. The summed E-state index contributed by atoms with van der Waals surface area (Å²) >= 11 is 0. The van der Waals surface area contributed by atoms with Crippen LogP contribution in [0.4, 0.5) is 5.69 Å². The van der Waals surface area contributed by atoms with E-state index in [4.69, 9.17) is 10.2 Å². The molecule has 5 nitrogen and oxygen atoms in total. The van der Waals surface area contributed by atoms with Crippen LogP contribution in [0.5, 0.6) is 0 Å². The number of anilines is 1. The molecule has 0 saturated heterocycles. The van der Waals surface area contributed by atoms with Gasteiger partial charge in [0.15, 0.2) is 5.65 Å². The van der Waals surface area contributed by atoms with Crippen molar-refractivity contribution in [2.24, 2.45) is 0 Å². The van der Waals surface area contributed by atoms with Crippen LogP contribution in [0.1, 0.15) is 0 Å². The second kappa shape index (κ2) is 2.84. The summed E-state index contributed by atoms with van der Waals surface area (Å²) in [5, 5.41) is 4.33. The van der Waals surface area contributed by atoms with Gasteiger partial charge < -0.3 is 10.2 Å². The minimum absolute atomic E-state index is 0.587. The molecule has 0 spiro atoms. The van der Waals surface area contributed by atoms with Crippen molar-refractivity contribution >= 4 is 11.3 Å². The van der Waals surface area contributed by atoms with Crippen molar-refractivity contribution in [3.8, 4) is 11.3 Å². The quantitative estimate of drug-likeness (QED) is 0.647. The number of hydrogen-bond donors (Lipinski definition) is 1. The normalized spacial score (nSPS) is 10.9. The van der Waals surface area contributed by atoms with E-state index in [9.17, 15) is 0 Å². The van der Waals surface area contributed by atoms with Gasteiger partial charge in [-0.1, -0.05) is 0 Å². The van der Waals surface area contributed by atoms with Crippen molar-refractivity contribution in [2.75, 3.05) is 5.73 Å². The van der Waals surface area contributed by atoms with Gasteiger partial charge in [0.25, 0.3) is 0 Å². The van der Waals surface area contributed by atoms with Gasteiger partial charge in [-0.15, -0.1) is 0 Å². The summed E-state index contributed by atoms with van der Waals surface area (Å²) < 4.78 is 6.64. The third-order valence-electron chi connectivity index (χ3n) is 2.15. The zero-order valence-electron chi connectivity index (χ0n) is 7.79. The van der Waals surface area contributed by atoms with Gasteiger partial charge in [-0.25, -0.2) is 9.50 Å². The molecule has 0 radical (unpaired) electrons. The molecule has 0 aromatic carbocycles. The van der Waals surface area contributed by atoms with E-state index >= 15 is 0 Å². The molecule has 3 aromatic rings. The molecule has 5 heteroatoms. The van der Waals surface area contributed by atoms with E-state index < -0.39 is 0 Å². The highest BCUT2D eigenvalue weighted by molar-refractivity contribution is 5.63. The van der Waals surface area contributed by atoms with Crippen molar-refractivity contribution in [3.05, 3.63) is 37.1 Å². The van der Waals surface area contributed by atoms with Gasteiger partial charge in [0.1, 0.15) is 0 Å². The molecule has 74 valence electrons. The summed E-state index contributed by atoms with van der Waals surface area (Å²) in [4.78, 5) is 4.16. The largest absolute Gasteiger partial charge is 0.472 e. The van der Waals surface area contributed by atoms with E-state index in [2.05, 4.69) is 10.1 Å². The molecule has 3 heterocycles. The number of rotatable bonds is 1. The Labute approximate surface area is 85.1 Å². The van der Waals surface area contributed by atoms with Crippen LogP contribution in [0.2, 0.25) is 0 Å². The Balaban J connectivity index is 2.22. The first-order valence-electron chi connectivity index (χ1n) is 4.46. The molecule has 0 aliphatic heterocycles. The maximum absolute atomic E-state index is 5.61. The summed E-state index contributed by atoms with van der Waals surface area (Å²) in [5.41, 5.74) is 8.71. The molecular formula is C10H8N4O. The van der Waals surface area contributed by atoms with Crippen molar-refractivity contribution in [1.29, 1.82) is 0 Å². The van der Waals surface area contributed by atoms with Crippen molar-refractivity contribution in [2.45, 2.75) is 0 Å². The molecule has 0 saturated carbocycles. The molecule has 0 unspecified atom stereocenters. The Morgan fingerprint density at radius 3 is 3.13 bits per heavy atom. The molecule has 0 fully saturated rings. The van der Waals surface area contributed by atoms with Crippen molar-refractivity contribution < 1.29 is 4.42 Å². The standard InChI is InChI=1S/C10H8N4O/c11-8-4-12-10-3-9(13-14(10)5-8)7-1-2-15-6-7/h1-6H,11H2. The van der Waals surface area contributed by atoms with Crippen LogP contribution >= 0.6 is 0 Å². The monoisotopic (exact) mass is 200 g/mol. The number of fused-ring (bicyclic) bond motifs is 1. The molecule has 0 aliphatic carbocycles. The lowest BCUT2D eigenvalue weighted by Gasteiger charge is -1.92. The van der Waals surface area contributed by atoms with Gasteiger partial charge in [0.05, 0.1) is 36.3 Å². The first-order valence-corrected chi connectivity index (χ1v) is 4.46. The molecule has 15 heavy (non-hydrogen) atoms. The third kappa shape index (κ3) is 1.25. The summed E-state index contributed by atoms with van der Waals surface area (Å²) in [6, 6.07) is 3.73. The first-order chi connectivity index (χ1) is 7.33. The molecule has 0 bridgehead atoms. The van der Waals surface area contributed by atoms with Crippen molar-refractivity contribution in [1.82, 2.24) is 14.6 Å².